The third kappa shape index (κ3) is 5.20. The number of nitrogens with zero attached hydrogens (tertiary/aromatic N) is 2. The molecule has 1 saturated heterocycles. The Kier molecular flexibility index (Phi) is 6.89. The molecule has 0 atom stereocenters. The van der Waals surface area contributed by atoms with Crippen LogP contribution in [-0.4, -0.2) is 49.5 Å². The van der Waals surface area contributed by atoms with E-state index in [1.807, 2.05) is 78.6 Å². The van der Waals surface area contributed by atoms with Gasteiger partial charge in [-0.2, -0.15) is 0 Å². The molecule has 0 bridgehead atoms. The number of carbonyl (C=O) groups is 2. The number of carbonyl (C=O) groups excluding carboxylic acids is 2. The van der Waals surface area contributed by atoms with Crippen molar-refractivity contribution in [2.45, 2.75) is 13.3 Å². The van der Waals surface area contributed by atoms with Crippen LogP contribution in [0.3, 0.4) is 0 Å². The van der Waals surface area contributed by atoms with Crippen molar-refractivity contribution in [2.24, 2.45) is 0 Å². The number of fused-ring (bicyclic) bond motifs is 1. The second kappa shape index (κ2) is 10.6. The maximum Gasteiger partial charge on any atom is 0.289 e. The Bertz CT molecular complexity index is 1320. The van der Waals surface area contributed by atoms with Crippen molar-refractivity contribution in [1.82, 2.24) is 4.90 Å². The zero-order valence-corrected chi connectivity index (χ0v) is 20.3. The number of nitrogens with one attached hydrogen (secondary N) is 1. The van der Waals surface area contributed by atoms with Gasteiger partial charge in [-0.1, -0.05) is 31.2 Å². The van der Waals surface area contributed by atoms with Crippen LogP contribution in [0.1, 0.15) is 34.3 Å². The third-order valence-electron chi connectivity index (χ3n) is 6.26. The highest BCUT2D eigenvalue weighted by molar-refractivity contribution is 6.04. The van der Waals surface area contributed by atoms with Crippen molar-refractivity contribution in [1.29, 1.82) is 0 Å². The lowest BCUT2D eigenvalue weighted by Crippen LogP contribution is -2.48. The maximum absolute atomic E-state index is 12.9. The van der Waals surface area contributed by atoms with Crippen molar-refractivity contribution >= 4 is 34.2 Å². The Labute approximate surface area is 210 Å². The highest BCUT2D eigenvalue weighted by Crippen LogP contribution is 2.23. The molecule has 1 aromatic heterocycles. The lowest BCUT2D eigenvalue weighted by Gasteiger charge is -2.35. The largest absolute Gasteiger partial charge is 0.494 e. The van der Waals surface area contributed by atoms with E-state index in [1.165, 1.54) is 0 Å². The number of hydrogen-bond donors (Lipinski definition) is 1. The molecule has 0 unspecified atom stereocenters. The van der Waals surface area contributed by atoms with Gasteiger partial charge in [0, 0.05) is 48.5 Å². The van der Waals surface area contributed by atoms with Crippen molar-refractivity contribution in [2.75, 3.05) is 43.0 Å². The van der Waals surface area contributed by atoms with Gasteiger partial charge in [-0.3, -0.25) is 9.59 Å². The normalized spacial score (nSPS) is 13.6. The molecule has 0 spiro atoms. The lowest BCUT2D eigenvalue weighted by molar-refractivity contribution is 0.0717. The van der Waals surface area contributed by atoms with Crippen LogP contribution >= 0.6 is 0 Å². The summed E-state index contributed by atoms with van der Waals surface area (Å²) in [7, 11) is 0. The summed E-state index contributed by atoms with van der Waals surface area (Å²) in [5.74, 6) is 0.820. The Hall–Kier alpha value is -4.26. The van der Waals surface area contributed by atoms with Crippen molar-refractivity contribution < 1.29 is 18.7 Å². The quantitative estimate of drug-likeness (QED) is 0.379. The summed E-state index contributed by atoms with van der Waals surface area (Å²) in [6.45, 7) is 5.34. The summed E-state index contributed by atoms with van der Waals surface area (Å²) in [6, 6.07) is 24.4. The fraction of sp³-hybridized carbons (Fsp3) is 0.241. The van der Waals surface area contributed by atoms with E-state index in [1.54, 1.807) is 12.1 Å². The summed E-state index contributed by atoms with van der Waals surface area (Å²) in [5, 5.41) is 3.88. The van der Waals surface area contributed by atoms with Crippen LogP contribution in [0.4, 0.5) is 11.4 Å². The van der Waals surface area contributed by atoms with Gasteiger partial charge >= 0.3 is 0 Å². The number of anilines is 2. The zero-order valence-electron chi connectivity index (χ0n) is 20.3. The molecular formula is C29H29N3O4. The predicted molar refractivity (Wildman–Crippen MR) is 141 cm³/mol. The van der Waals surface area contributed by atoms with Gasteiger partial charge in [0.05, 0.1) is 6.61 Å². The standard InChI is InChI=1S/C29H29N3O4/c1-2-18-35-25-8-5-7-22(19-25)28(33)30-23-10-12-24(13-11-23)31-14-16-32(17-15-31)29(34)27-20-21-6-3-4-9-26(21)36-27/h3-13,19-20H,2,14-18H2,1H3,(H,30,33). The molecule has 1 aliphatic heterocycles. The van der Waals surface area contributed by atoms with E-state index in [0.29, 0.717) is 36.8 Å². The molecule has 7 nitrogen and oxygen atoms in total. The average molecular weight is 484 g/mol. The number of hydrogen-bond acceptors (Lipinski definition) is 5. The molecular weight excluding hydrogens is 454 g/mol. The average Bonchev–Trinajstić information content (AvgIpc) is 3.37. The maximum atomic E-state index is 12.9. The first kappa shape index (κ1) is 23.5. The molecule has 5 rings (SSSR count). The van der Waals surface area contributed by atoms with Crippen molar-refractivity contribution in [3.05, 3.63) is 90.2 Å². The Morgan fingerprint density at radius 1 is 0.917 bits per heavy atom. The molecule has 0 radical (unpaired) electrons. The molecule has 2 heterocycles. The summed E-state index contributed by atoms with van der Waals surface area (Å²) < 4.78 is 11.4. The summed E-state index contributed by atoms with van der Waals surface area (Å²) >= 11 is 0. The first-order valence-electron chi connectivity index (χ1n) is 12.3. The summed E-state index contributed by atoms with van der Waals surface area (Å²) in [6.07, 6.45) is 0.912. The van der Waals surface area contributed by atoms with Crippen LogP contribution in [0, 0.1) is 0 Å². The minimum Gasteiger partial charge on any atom is -0.494 e. The second-order valence-electron chi connectivity index (χ2n) is 8.81. The van der Waals surface area contributed by atoms with Gasteiger partial charge in [0.1, 0.15) is 11.3 Å². The smallest absolute Gasteiger partial charge is 0.289 e. The van der Waals surface area contributed by atoms with Crippen LogP contribution in [-0.2, 0) is 0 Å². The van der Waals surface area contributed by atoms with Gasteiger partial charge < -0.3 is 24.3 Å². The number of amides is 2. The number of ether oxygens (including phenoxy) is 1. The topological polar surface area (TPSA) is 75.0 Å². The van der Waals surface area contributed by atoms with E-state index in [-0.39, 0.29) is 11.8 Å². The molecule has 0 saturated carbocycles. The first-order valence-corrected chi connectivity index (χ1v) is 12.3. The van der Waals surface area contributed by atoms with E-state index in [0.717, 1.165) is 41.9 Å². The van der Waals surface area contributed by atoms with Gasteiger partial charge in [-0.25, -0.2) is 0 Å². The molecule has 36 heavy (non-hydrogen) atoms. The number of furan rings is 1. The van der Waals surface area contributed by atoms with Gasteiger partial charge in [-0.15, -0.1) is 0 Å². The minimum absolute atomic E-state index is 0.0759. The Balaban J connectivity index is 1.16. The number of para-hydroxylation sites is 1. The van der Waals surface area contributed by atoms with E-state index >= 15 is 0 Å². The van der Waals surface area contributed by atoms with Crippen LogP contribution in [0.5, 0.6) is 5.75 Å². The lowest BCUT2D eigenvalue weighted by atomic mass is 10.2. The van der Waals surface area contributed by atoms with Gasteiger partial charge in [0.15, 0.2) is 5.76 Å². The molecule has 0 aliphatic carbocycles. The Morgan fingerprint density at radius 2 is 1.69 bits per heavy atom. The van der Waals surface area contributed by atoms with Crippen LogP contribution in [0.2, 0.25) is 0 Å². The summed E-state index contributed by atoms with van der Waals surface area (Å²) in [4.78, 5) is 29.7. The first-order chi connectivity index (χ1) is 17.6. The van der Waals surface area contributed by atoms with Gasteiger partial charge in [0.2, 0.25) is 0 Å². The van der Waals surface area contributed by atoms with Crippen LogP contribution in [0.25, 0.3) is 11.0 Å². The molecule has 1 aliphatic rings. The highest BCUT2D eigenvalue weighted by Gasteiger charge is 2.24. The second-order valence-corrected chi connectivity index (χ2v) is 8.81. The molecule has 3 aromatic carbocycles. The third-order valence-corrected chi connectivity index (χ3v) is 6.26. The van der Waals surface area contributed by atoms with E-state index in [2.05, 4.69) is 10.2 Å². The highest BCUT2D eigenvalue weighted by atomic mass is 16.5. The molecule has 184 valence electrons. The zero-order chi connectivity index (χ0) is 24.9. The van der Waals surface area contributed by atoms with Crippen LogP contribution < -0.4 is 15.0 Å². The van der Waals surface area contributed by atoms with E-state index in [9.17, 15) is 9.59 Å². The van der Waals surface area contributed by atoms with Crippen molar-refractivity contribution in [3.8, 4) is 5.75 Å². The monoisotopic (exact) mass is 483 g/mol. The number of benzene rings is 3. The number of piperazine rings is 1. The fourth-order valence-electron chi connectivity index (χ4n) is 4.32. The molecule has 7 heteroatoms. The SMILES string of the molecule is CCCOc1cccc(C(=O)Nc2ccc(N3CCN(C(=O)c4cc5ccccc5o4)CC3)cc2)c1. The van der Waals surface area contributed by atoms with Crippen LogP contribution in [0.15, 0.2) is 83.3 Å². The fourth-order valence-corrected chi connectivity index (χ4v) is 4.32. The van der Waals surface area contributed by atoms with E-state index < -0.39 is 0 Å². The molecule has 1 N–H and O–H groups in total. The van der Waals surface area contributed by atoms with Gasteiger partial charge in [0.25, 0.3) is 11.8 Å². The number of rotatable bonds is 7. The molecule has 1 fully saturated rings. The Morgan fingerprint density at radius 3 is 2.44 bits per heavy atom. The predicted octanol–water partition coefficient (Wildman–Crippen LogP) is 5.44. The van der Waals surface area contributed by atoms with Crippen molar-refractivity contribution in [3.63, 3.8) is 0 Å². The van der Waals surface area contributed by atoms with E-state index in [4.69, 9.17) is 9.15 Å². The van der Waals surface area contributed by atoms with Gasteiger partial charge in [-0.05, 0) is 61.0 Å². The minimum atomic E-state index is -0.178. The summed E-state index contributed by atoms with van der Waals surface area (Å²) in [5.41, 5.74) is 3.06. The molecule has 4 aromatic rings. The molecule has 2 amide bonds.